The highest BCUT2D eigenvalue weighted by Crippen LogP contribution is 2.34. The molecule has 10 nitrogen and oxygen atoms in total. The Kier molecular flexibility index (Phi) is 9.62. The molecule has 1 heterocycles. The minimum Gasteiger partial charge on any atom is -0.497 e. The molecule has 11 heteroatoms. The Morgan fingerprint density at radius 3 is 2.38 bits per heavy atom. The van der Waals surface area contributed by atoms with Crippen molar-refractivity contribution in [2.24, 2.45) is 0 Å². The van der Waals surface area contributed by atoms with Gasteiger partial charge in [-0.05, 0) is 43.2 Å². The van der Waals surface area contributed by atoms with Crippen molar-refractivity contribution in [1.29, 1.82) is 0 Å². The molecule has 0 fully saturated rings. The maximum atomic E-state index is 13.6. The summed E-state index contributed by atoms with van der Waals surface area (Å²) >= 11 is 0. The molecule has 1 atom stereocenters. The minimum atomic E-state index is -3.85. The smallest absolute Gasteiger partial charge is 0.244 e. The molecule has 0 saturated carbocycles. The third kappa shape index (κ3) is 7.51. The fourth-order valence-corrected chi connectivity index (χ4v) is 4.69. The van der Waals surface area contributed by atoms with Gasteiger partial charge in [0.05, 0.1) is 19.1 Å². The first kappa shape index (κ1) is 28.1. The van der Waals surface area contributed by atoms with E-state index in [1.165, 1.54) is 11.0 Å². The number of sulfonamides is 1. The van der Waals surface area contributed by atoms with Crippen molar-refractivity contribution >= 4 is 27.5 Å². The molecule has 2 amide bonds. The zero-order valence-electron chi connectivity index (χ0n) is 21.7. The number of amides is 2. The molecule has 0 unspecified atom stereocenters. The Labute approximate surface area is 218 Å². The predicted molar refractivity (Wildman–Crippen MR) is 141 cm³/mol. The molecule has 1 aliphatic heterocycles. The molecular weight excluding hydrogens is 498 g/mol. The normalized spacial score (nSPS) is 13.4. The van der Waals surface area contributed by atoms with E-state index in [0.717, 1.165) is 29.0 Å². The van der Waals surface area contributed by atoms with Crippen LogP contribution in [0.3, 0.4) is 0 Å². The number of rotatable bonds is 12. The molecule has 202 valence electrons. The molecule has 3 rings (SSSR count). The zero-order chi connectivity index (χ0) is 27.0. The highest BCUT2D eigenvalue weighted by molar-refractivity contribution is 7.92. The largest absolute Gasteiger partial charge is 0.497 e. The van der Waals surface area contributed by atoms with Gasteiger partial charge in [-0.25, -0.2) is 8.42 Å². The molecule has 0 saturated heterocycles. The first-order valence-electron chi connectivity index (χ1n) is 12.2. The van der Waals surface area contributed by atoms with E-state index in [2.05, 4.69) is 5.32 Å². The van der Waals surface area contributed by atoms with Crippen molar-refractivity contribution in [3.8, 4) is 17.2 Å². The van der Waals surface area contributed by atoms with Crippen LogP contribution in [0.15, 0.2) is 42.5 Å². The summed E-state index contributed by atoms with van der Waals surface area (Å²) in [6.45, 7) is 4.53. The van der Waals surface area contributed by atoms with Crippen LogP contribution in [-0.4, -0.2) is 70.8 Å². The molecule has 0 bridgehead atoms. The van der Waals surface area contributed by atoms with Gasteiger partial charge in [-0.1, -0.05) is 25.5 Å². The summed E-state index contributed by atoms with van der Waals surface area (Å²) in [6, 6.07) is 11.0. The van der Waals surface area contributed by atoms with E-state index in [-0.39, 0.29) is 18.1 Å². The second-order valence-electron chi connectivity index (χ2n) is 8.79. The molecular formula is C26H35N3O7S. The molecule has 37 heavy (non-hydrogen) atoms. The molecule has 0 spiro atoms. The van der Waals surface area contributed by atoms with Gasteiger partial charge in [0.2, 0.25) is 21.8 Å². The second-order valence-corrected chi connectivity index (χ2v) is 10.7. The number of nitrogens with one attached hydrogen (secondary N) is 1. The van der Waals surface area contributed by atoms with Crippen LogP contribution in [0.4, 0.5) is 5.69 Å². The Morgan fingerprint density at radius 1 is 1.08 bits per heavy atom. The highest BCUT2D eigenvalue weighted by Gasteiger charge is 2.30. The summed E-state index contributed by atoms with van der Waals surface area (Å²) in [5, 5.41) is 2.86. The Hall–Kier alpha value is -3.47. The number of nitrogens with zero attached hydrogens (tertiary/aromatic N) is 2. The van der Waals surface area contributed by atoms with Gasteiger partial charge >= 0.3 is 0 Å². The van der Waals surface area contributed by atoms with Gasteiger partial charge in [0.15, 0.2) is 11.5 Å². The Morgan fingerprint density at radius 2 is 1.76 bits per heavy atom. The van der Waals surface area contributed by atoms with E-state index in [9.17, 15) is 18.0 Å². The lowest BCUT2D eigenvalue weighted by Gasteiger charge is -2.31. The van der Waals surface area contributed by atoms with Gasteiger partial charge in [0, 0.05) is 19.2 Å². The number of carbonyl (C=O) groups excluding carboxylic acids is 2. The average Bonchev–Trinajstić information content (AvgIpc) is 2.89. The van der Waals surface area contributed by atoms with Crippen LogP contribution >= 0.6 is 0 Å². The number of carbonyl (C=O) groups is 2. The maximum absolute atomic E-state index is 13.6. The SMILES string of the molecule is CCCCNC(=O)[C@@H](C)N(Cc1ccc(OC)cc1)C(=O)CN(c1ccc2c(c1)OCCO2)S(C)(=O)=O. The molecule has 1 aliphatic rings. The maximum Gasteiger partial charge on any atom is 0.244 e. The fraction of sp³-hybridized carbons (Fsp3) is 0.462. The van der Waals surface area contributed by atoms with Gasteiger partial charge in [-0.2, -0.15) is 0 Å². The van der Waals surface area contributed by atoms with Gasteiger partial charge in [0.25, 0.3) is 0 Å². The van der Waals surface area contributed by atoms with Crippen LogP contribution in [0.25, 0.3) is 0 Å². The summed E-state index contributed by atoms with van der Waals surface area (Å²) < 4.78 is 42.8. The van der Waals surface area contributed by atoms with E-state index in [4.69, 9.17) is 14.2 Å². The predicted octanol–water partition coefficient (Wildman–Crippen LogP) is 2.57. The number of ether oxygens (including phenoxy) is 3. The summed E-state index contributed by atoms with van der Waals surface area (Å²) in [5.41, 5.74) is 1.04. The van der Waals surface area contributed by atoms with Gasteiger partial charge < -0.3 is 24.4 Å². The lowest BCUT2D eigenvalue weighted by molar-refractivity contribution is -0.139. The monoisotopic (exact) mass is 533 g/mol. The molecule has 0 aliphatic carbocycles. The van der Waals surface area contributed by atoms with Crippen molar-refractivity contribution in [3.63, 3.8) is 0 Å². The first-order chi connectivity index (χ1) is 17.6. The van der Waals surface area contributed by atoms with E-state index < -0.39 is 28.5 Å². The standard InChI is InChI=1S/C26H35N3O7S/c1-5-6-13-27-26(31)19(2)28(17-20-7-10-22(34-3)11-8-20)25(30)18-29(37(4,32)33)21-9-12-23-24(16-21)36-15-14-35-23/h7-12,16,19H,5-6,13-15,17-18H2,1-4H3,(H,27,31)/t19-/m1/s1. The lowest BCUT2D eigenvalue weighted by Crippen LogP contribution is -2.51. The number of methoxy groups -OCH3 is 1. The van der Waals surface area contributed by atoms with Crippen molar-refractivity contribution in [1.82, 2.24) is 10.2 Å². The fourth-order valence-electron chi connectivity index (χ4n) is 3.85. The molecule has 1 N–H and O–H groups in total. The summed E-state index contributed by atoms with van der Waals surface area (Å²) in [6.07, 6.45) is 2.77. The van der Waals surface area contributed by atoms with E-state index in [0.29, 0.717) is 37.0 Å². The van der Waals surface area contributed by atoms with Gasteiger partial charge in [0.1, 0.15) is 31.5 Å². The number of unbranched alkanes of at least 4 members (excludes halogenated alkanes) is 1. The summed E-state index contributed by atoms with van der Waals surface area (Å²) in [5.74, 6) is 0.751. The minimum absolute atomic E-state index is 0.115. The van der Waals surface area contributed by atoms with Crippen LogP contribution in [-0.2, 0) is 26.2 Å². The topological polar surface area (TPSA) is 114 Å². The Balaban J connectivity index is 1.88. The van der Waals surface area contributed by atoms with Gasteiger partial charge in [-0.15, -0.1) is 0 Å². The van der Waals surface area contributed by atoms with Crippen LogP contribution in [0, 0.1) is 0 Å². The average molecular weight is 534 g/mol. The van der Waals surface area contributed by atoms with E-state index in [1.54, 1.807) is 50.4 Å². The molecule has 2 aromatic carbocycles. The Bertz CT molecular complexity index is 1190. The van der Waals surface area contributed by atoms with Crippen molar-refractivity contribution < 1.29 is 32.2 Å². The number of fused-ring (bicyclic) bond motifs is 1. The van der Waals surface area contributed by atoms with Crippen LogP contribution < -0.4 is 23.8 Å². The first-order valence-corrected chi connectivity index (χ1v) is 14.1. The lowest BCUT2D eigenvalue weighted by atomic mass is 10.1. The van der Waals surface area contributed by atoms with Crippen LogP contribution in [0.1, 0.15) is 32.3 Å². The molecule has 2 aromatic rings. The van der Waals surface area contributed by atoms with Crippen LogP contribution in [0.5, 0.6) is 17.2 Å². The van der Waals surface area contributed by atoms with Crippen molar-refractivity contribution in [2.45, 2.75) is 39.3 Å². The number of hydrogen-bond acceptors (Lipinski definition) is 7. The number of anilines is 1. The number of hydrogen-bond donors (Lipinski definition) is 1. The number of benzene rings is 2. The van der Waals surface area contributed by atoms with Crippen molar-refractivity contribution in [3.05, 3.63) is 48.0 Å². The summed E-state index contributed by atoms with van der Waals surface area (Å²) in [7, 11) is -2.29. The molecule has 0 aromatic heterocycles. The third-order valence-electron chi connectivity index (χ3n) is 6.00. The zero-order valence-corrected chi connectivity index (χ0v) is 22.5. The molecule has 0 radical (unpaired) electrons. The third-order valence-corrected chi connectivity index (χ3v) is 7.14. The van der Waals surface area contributed by atoms with Gasteiger partial charge in [-0.3, -0.25) is 13.9 Å². The van der Waals surface area contributed by atoms with Crippen LogP contribution in [0.2, 0.25) is 0 Å². The second kappa shape index (κ2) is 12.7. The summed E-state index contributed by atoms with van der Waals surface area (Å²) in [4.78, 5) is 27.9. The highest BCUT2D eigenvalue weighted by atomic mass is 32.2. The quantitative estimate of drug-likeness (QED) is 0.417. The van der Waals surface area contributed by atoms with E-state index in [1.807, 2.05) is 6.92 Å². The van der Waals surface area contributed by atoms with Crippen molar-refractivity contribution in [2.75, 3.05) is 44.0 Å². The van der Waals surface area contributed by atoms with E-state index >= 15 is 0 Å².